The van der Waals surface area contributed by atoms with Crippen molar-refractivity contribution in [2.45, 2.75) is 20.5 Å². The van der Waals surface area contributed by atoms with Gasteiger partial charge in [0.2, 0.25) is 0 Å². The molecule has 0 aliphatic heterocycles. The number of hydrogen-bond acceptors (Lipinski definition) is 2. The van der Waals surface area contributed by atoms with Crippen LogP contribution < -0.4 is 4.74 Å². The molecule has 0 unspecified atom stereocenters. The SMILES string of the molecule is Cc1ccc(OC(F)F)c(C)c1C(=O)O. The van der Waals surface area contributed by atoms with E-state index in [2.05, 4.69) is 4.74 Å². The summed E-state index contributed by atoms with van der Waals surface area (Å²) in [5.41, 5.74) is 0.734. The lowest BCUT2D eigenvalue weighted by Crippen LogP contribution is -2.08. The summed E-state index contributed by atoms with van der Waals surface area (Å²) in [6, 6.07) is 2.78. The summed E-state index contributed by atoms with van der Waals surface area (Å²) in [7, 11) is 0. The number of carboxylic acids is 1. The van der Waals surface area contributed by atoms with Crippen LogP contribution in [0, 0.1) is 13.8 Å². The van der Waals surface area contributed by atoms with Gasteiger partial charge >= 0.3 is 12.6 Å². The molecule has 0 spiro atoms. The molecule has 82 valence electrons. The Morgan fingerprint density at radius 3 is 2.47 bits per heavy atom. The average Bonchev–Trinajstić information content (AvgIpc) is 2.09. The fraction of sp³-hybridized carbons (Fsp3) is 0.300. The van der Waals surface area contributed by atoms with Gasteiger partial charge in [-0.1, -0.05) is 6.07 Å². The molecule has 0 atom stereocenters. The van der Waals surface area contributed by atoms with Crippen molar-refractivity contribution in [1.82, 2.24) is 0 Å². The summed E-state index contributed by atoms with van der Waals surface area (Å²) in [6.07, 6.45) is 0. The maximum Gasteiger partial charge on any atom is 0.387 e. The fourth-order valence-electron chi connectivity index (χ4n) is 1.38. The molecular weight excluding hydrogens is 206 g/mol. The van der Waals surface area contributed by atoms with Crippen molar-refractivity contribution >= 4 is 5.97 Å². The summed E-state index contributed by atoms with van der Waals surface area (Å²) >= 11 is 0. The maximum absolute atomic E-state index is 12.0. The van der Waals surface area contributed by atoms with Gasteiger partial charge in [-0.15, -0.1) is 0 Å². The molecule has 0 aliphatic rings. The Kier molecular flexibility index (Phi) is 3.24. The number of alkyl halides is 2. The van der Waals surface area contributed by atoms with E-state index in [1.54, 1.807) is 6.92 Å². The van der Waals surface area contributed by atoms with E-state index in [1.165, 1.54) is 19.1 Å². The molecule has 1 rings (SSSR count). The van der Waals surface area contributed by atoms with Crippen molar-refractivity contribution < 1.29 is 23.4 Å². The monoisotopic (exact) mass is 216 g/mol. The van der Waals surface area contributed by atoms with Crippen LogP contribution in [0.15, 0.2) is 12.1 Å². The number of carbonyl (C=O) groups is 1. The molecule has 0 radical (unpaired) electrons. The second-order valence-corrected chi connectivity index (χ2v) is 3.06. The second-order valence-electron chi connectivity index (χ2n) is 3.06. The van der Waals surface area contributed by atoms with Crippen molar-refractivity contribution in [2.75, 3.05) is 0 Å². The number of halogens is 2. The highest BCUT2D eigenvalue weighted by Gasteiger charge is 2.16. The minimum atomic E-state index is -2.95. The van der Waals surface area contributed by atoms with E-state index in [0.717, 1.165) is 0 Å². The van der Waals surface area contributed by atoms with Crippen molar-refractivity contribution in [3.05, 3.63) is 28.8 Å². The van der Waals surface area contributed by atoms with Gasteiger partial charge in [0.05, 0.1) is 5.56 Å². The van der Waals surface area contributed by atoms with E-state index in [4.69, 9.17) is 5.11 Å². The van der Waals surface area contributed by atoms with Crippen molar-refractivity contribution in [3.8, 4) is 5.75 Å². The van der Waals surface area contributed by atoms with Crippen LogP contribution in [0.1, 0.15) is 21.5 Å². The summed E-state index contributed by atoms with van der Waals surface area (Å²) in [4.78, 5) is 10.8. The van der Waals surface area contributed by atoms with Crippen molar-refractivity contribution in [2.24, 2.45) is 0 Å². The van der Waals surface area contributed by atoms with E-state index >= 15 is 0 Å². The zero-order valence-electron chi connectivity index (χ0n) is 8.25. The van der Waals surface area contributed by atoms with Crippen LogP contribution in [0.4, 0.5) is 8.78 Å². The van der Waals surface area contributed by atoms with Crippen molar-refractivity contribution in [1.29, 1.82) is 0 Å². The summed E-state index contributed by atoms with van der Waals surface area (Å²) in [5.74, 6) is -1.25. The summed E-state index contributed by atoms with van der Waals surface area (Å²) < 4.78 is 28.1. The van der Waals surface area contributed by atoms with E-state index in [1.807, 2.05) is 0 Å². The molecule has 1 aromatic carbocycles. The van der Waals surface area contributed by atoms with E-state index in [-0.39, 0.29) is 16.9 Å². The van der Waals surface area contributed by atoms with Crippen molar-refractivity contribution in [3.63, 3.8) is 0 Å². The fourth-order valence-corrected chi connectivity index (χ4v) is 1.38. The van der Waals surface area contributed by atoms with Gasteiger partial charge in [-0.05, 0) is 25.5 Å². The first kappa shape index (κ1) is 11.4. The van der Waals surface area contributed by atoms with Crippen LogP contribution in [0.5, 0.6) is 5.75 Å². The van der Waals surface area contributed by atoms with Gasteiger partial charge in [0.25, 0.3) is 0 Å². The molecule has 5 heteroatoms. The number of benzene rings is 1. The van der Waals surface area contributed by atoms with Gasteiger partial charge in [-0.2, -0.15) is 8.78 Å². The third kappa shape index (κ3) is 2.43. The molecule has 0 saturated heterocycles. The molecule has 0 amide bonds. The molecular formula is C10H10F2O3. The Hall–Kier alpha value is -1.65. The van der Waals surface area contributed by atoms with Gasteiger partial charge in [-0.3, -0.25) is 0 Å². The summed E-state index contributed by atoms with van der Waals surface area (Å²) in [6.45, 7) is 0.0876. The molecule has 0 saturated carbocycles. The number of aryl methyl sites for hydroxylation is 1. The molecule has 1 N–H and O–H groups in total. The van der Waals surface area contributed by atoms with Gasteiger partial charge in [0.15, 0.2) is 0 Å². The maximum atomic E-state index is 12.0. The minimum Gasteiger partial charge on any atom is -0.478 e. The molecule has 0 aliphatic carbocycles. The highest BCUT2D eigenvalue weighted by Crippen LogP contribution is 2.25. The van der Waals surface area contributed by atoms with Gasteiger partial charge in [-0.25, -0.2) is 4.79 Å². The van der Waals surface area contributed by atoms with Crippen LogP contribution in [-0.4, -0.2) is 17.7 Å². The topological polar surface area (TPSA) is 46.5 Å². The van der Waals surface area contributed by atoms with Crippen LogP contribution in [-0.2, 0) is 0 Å². The van der Waals surface area contributed by atoms with Crippen LogP contribution in [0.2, 0.25) is 0 Å². The average molecular weight is 216 g/mol. The molecule has 0 bridgehead atoms. The molecule has 0 heterocycles. The predicted molar refractivity (Wildman–Crippen MR) is 49.5 cm³/mol. The molecule has 0 fully saturated rings. The van der Waals surface area contributed by atoms with Gasteiger partial charge < -0.3 is 9.84 Å². The zero-order chi connectivity index (χ0) is 11.6. The van der Waals surface area contributed by atoms with Gasteiger partial charge in [0.1, 0.15) is 5.75 Å². The molecule has 0 aromatic heterocycles. The smallest absolute Gasteiger partial charge is 0.387 e. The number of carboxylic acid groups (broad SMARTS) is 1. The first-order valence-corrected chi connectivity index (χ1v) is 4.21. The molecule has 1 aromatic rings. The lowest BCUT2D eigenvalue weighted by atomic mass is 10.0. The van der Waals surface area contributed by atoms with E-state index in [0.29, 0.717) is 5.56 Å². The summed E-state index contributed by atoms with van der Waals surface area (Å²) in [5, 5.41) is 8.86. The van der Waals surface area contributed by atoms with E-state index in [9.17, 15) is 13.6 Å². The normalized spacial score (nSPS) is 10.5. The Labute approximate surface area is 85.3 Å². The highest BCUT2D eigenvalue weighted by atomic mass is 19.3. The Bertz CT molecular complexity index is 388. The zero-order valence-corrected chi connectivity index (χ0v) is 8.25. The first-order chi connectivity index (χ1) is 6.93. The third-order valence-electron chi connectivity index (χ3n) is 2.05. The largest absolute Gasteiger partial charge is 0.478 e. The first-order valence-electron chi connectivity index (χ1n) is 4.21. The van der Waals surface area contributed by atoms with Crippen LogP contribution in [0.25, 0.3) is 0 Å². The van der Waals surface area contributed by atoms with Crippen LogP contribution >= 0.6 is 0 Å². The van der Waals surface area contributed by atoms with Crippen LogP contribution in [0.3, 0.4) is 0 Å². The lowest BCUT2D eigenvalue weighted by molar-refractivity contribution is -0.0503. The minimum absolute atomic E-state index is 0.00755. The molecule has 15 heavy (non-hydrogen) atoms. The standard InChI is InChI=1S/C10H10F2O3/c1-5-3-4-7(15-10(11)12)6(2)8(5)9(13)14/h3-4,10H,1-2H3,(H,13,14). The van der Waals surface area contributed by atoms with E-state index < -0.39 is 12.6 Å². The number of hydrogen-bond donors (Lipinski definition) is 1. The Morgan fingerprint density at radius 1 is 1.40 bits per heavy atom. The lowest BCUT2D eigenvalue weighted by Gasteiger charge is -2.11. The Balaban J connectivity index is 3.22. The highest BCUT2D eigenvalue weighted by molar-refractivity contribution is 5.91. The second kappa shape index (κ2) is 4.25. The van der Waals surface area contributed by atoms with Gasteiger partial charge in [0, 0.05) is 5.56 Å². The molecule has 3 nitrogen and oxygen atoms in total. The number of rotatable bonds is 3. The number of ether oxygens (including phenoxy) is 1. The predicted octanol–water partition coefficient (Wildman–Crippen LogP) is 2.60. The number of aromatic carboxylic acids is 1. The third-order valence-corrected chi connectivity index (χ3v) is 2.05. The quantitative estimate of drug-likeness (QED) is 0.844. The Morgan fingerprint density at radius 2 is 2.00 bits per heavy atom.